The Labute approximate surface area is 97.6 Å². The number of rotatable bonds is 0. The molecular weight excluding hydrogens is 230 g/mol. The number of fused-ring (bicyclic) bond motifs is 3. The maximum absolute atomic E-state index is 11.7. The summed E-state index contributed by atoms with van der Waals surface area (Å²) in [6, 6.07) is 2.13. The van der Waals surface area contributed by atoms with E-state index >= 15 is 0 Å². The topological polar surface area (TPSA) is 47.4 Å². The van der Waals surface area contributed by atoms with Gasteiger partial charge in [0.15, 0.2) is 0 Å². The Balaban J connectivity index is 2.10. The van der Waals surface area contributed by atoms with Gasteiger partial charge in [0, 0.05) is 19.2 Å². The average Bonchev–Trinajstić information content (AvgIpc) is 2.28. The first-order valence-electron chi connectivity index (χ1n) is 5.37. The van der Waals surface area contributed by atoms with E-state index < -0.39 is 0 Å². The molecule has 0 aliphatic carbocycles. The summed E-state index contributed by atoms with van der Waals surface area (Å²) < 4.78 is 7.12. The lowest BCUT2D eigenvalue weighted by atomic mass is 10.1. The van der Waals surface area contributed by atoms with Crippen LogP contribution in [0.4, 0.5) is 5.82 Å². The van der Waals surface area contributed by atoms with E-state index in [1.807, 2.05) is 0 Å². The van der Waals surface area contributed by atoms with Crippen LogP contribution in [0.15, 0.2) is 10.9 Å². The summed E-state index contributed by atoms with van der Waals surface area (Å²) in [4.78, 5) is 17.6. The van der Waals surface area contributed by atoms with Crippen LogP contribution in [0.5, 0.6) is 0 Å². The minimum Gasteiger partial charge on any atom is -0.377 e. The molecule has 3 heterocycles. The zero-order valence-electron chi connectivity index (χ0n) is 8.73. The Morgan fingerprint density at radius 3 is 3.25 bits per heavy atom. The number of aromatic nitrogens is 2. The lowest BCUT2D eigenvalue weighted by Crippen LogP contribution is -2.51. The summed E-state index contributed by atoms with van der Waals surface area (Å²) in [6.45, 7) is 2.94. The van der Waals surface area contributed by atoms with Crippen molar-refractivity contribution in [3.63, 3.8) is 0 Å². The molecule has 2 aliphatic rings. The van der Waals surface area contributed by atoms with Crippen molar-refractivity contribution < 1.29 is 4.74 Å². The summed E-state index contributed by atoms with van der Waals surface area (Å²) in [7, 11) is 0. The van der Waals surface area contributed by atoms with E-state index in [4.69, 9.17) is 16.3 Å². The number of anilines is 1. The highest BCUT2D eigenvalue weighted by atomic mass is 35.5. The molecule has 1 atom stereocenters. The molecule has 1 saturated heterocycles. The third kappa shape index (κ3) is 1.51. The van der Waals surface area contributed by atoms with E-state index in [0.717, 1.165) is 25.4 Å². The van der Waals surface area contributed by atoms with Gasteiger partial charge in [-0.2, -0.15) is 4.98 Å². The summed E-state index contributed by atoms with van der Waals surface area (Å²) in [5.74, 6) is 0.879. The molecule has 5 nitrogen and oxygen atoms in total. The quantitative estimate of drug-likeness (QED) is 0.621. The first kappa shape index (κ1) is 10.1. The van der Waals surface area contributed by atoms with Gasteiger partial charge in [0.05, 0.1) is 19.3 Å². The van der Waals surface area contributed by atoms with Crippen molar-refractivity contribution in [3.05, 3.63) is 21.7 Å². The van der Waals surface area contributed by atoms with Crippen molar-refractivity contribution in [1.82, 2.24) is 9.55 Å². The molecular formula is C10H12ClN3O2. The third-order valence-corrected chi connectivity index (χ3v) is 3.36. The van der Waals surface area contributed by atoms with Crippen LogP contribution in [0.2, 0.25) is 5.15 Å². The average molecular weight is 242 g/mol. The van der Waals surface area contributed by atoms with Crippen molar-refractivity contribution >= 4 is 17.4 Å². The Hall–Kier alpha value is -1.07. The molecule has 1 aromatic rings. The number of morpholine rings is 1. The van der Waals surface area contributed by atoms with E-state index in [9.17, 15) is 4.79 Å². The smallest absolute Gasteiger partial charge is 0.350 e. The summed E-state index contributed by atoms with van der Waals surface area (Å²) in [5, 5.41) is 0.267. The van der Waals surface area contributed by atoms with E-state index in [0.29, 0.717) is 19.2 Å². The van der Waals surface area contributed by atoms with Gasteiger partial charge >= 0.3 is 5.69 Å². The molecule has 1 aromatic heterocycles. The second-order valence-electron chi connectivity index (χ2n) is 4.08. The maximum Gasteiger partial charge on any atom is 0.350 e. The van der Waals surface area contributed by atoms with Crippen LogP contribution >= 0.6 is 11.6 Å². The fourth-order valence-electron chi connectivity index (χ4n) is 2.39. The highest BCUT2D eigenvalue weighted by molar-refractivity contribution is 6.29. The molecule has 0 radical (unpaired) electrons. The maximum atomic E-state index is 11.7. The van der Waals surface area contributed by atoms with E-state index in [1.165, 1.54) is 0 Å². The molecule has 0 bridgehead atoms. The molecule has 2 aliphatic heterocycles. The Kier molecular flexibility index (Phi) is 2.37. The second-order valence-corrected chi connectivity index (χ2v) is 4.47. The minimum absolute atomic E-state index is 0.257. The van der Waals surface area contributed by atoms with Gasteiger partial charge < -0.3 is 9.64 Å². The zero-order valence-corrected chi connectivity index (χ0v) is 9.48. The number of hydrogen-bond donors (Lipinski definition) is 0. The zero-order chi connectivity index (χ0) is 11.1. The summed E-state index contributed by atoms with van der Waals surface area (Å²) in [6.07, 6.45) is 0.927. The predicted molar refractivity (Wildman–Crippen MR) is 60.1 cm³/mol. The van der Waals surface area contributed by atoms with Gasteiger partial charge in [0.2, 0.25) is 0 Å². The van der Waals surface area contributed by atoms with Gasteiger partial charge in [-0.3, -0.25) is 4.57 Å². The van der Waals surface area contributed by atoms with Crippen LogP contribution in [-0.4, -0.2) is 35.4 Å². The van der Waals surface area contributed by atoms with Crippen molar-refractivity contribution in [1.29, 1.82) is 0 Å². The van der Waals surface area contributed by atoms with E-state index in [1.54, 1.807) is 10.6 Å². The fraction of sp³-hybridized carbons (Fsp3) is 0.600. The molecule has 3 rings (SSSR count). The van der Waals surface area contributed by atoms with Crippen LogP contribution in [0, 0.1) is 0 Å². The molecule has 0 aromatic carbocycles. The van der Waals surface area contributed by atoms with E-state index in [-0.39, 0.29) is 10.8 Å². The monoisotopic (exact) mass is 241 g/mol. The SMILES string of the molecule is O=c1nc(Cl)cc2n1CCC1COCCN21. The lowest BCUT2D eigenvalue weighted by Gasteiger charge is -2.41. The van der Waals surface area contributed by atoms with Crippen molar-refractivity contribution in [2.45, 2.75) is 19.0 Å². The highest BCUT2D eigenvalue weighted by Crippen LogP contribution is 2.26. The number of ether oxygens (including phenoxy) is 1. The van der Waals surface area contributed by atoms with Gasteiger partial charge in [0.25, 0.3) is 0 Å². The number of hydrogen-bond acceptors (Lipinski definition) is 4. The molecule has 86 valence electrons. The molecule has 1 unspecified atom stereocenters. The van der Waals surface area contributed by atoms with Gasteiger partial charge in [-0.05, 0) is 6.42 Å². The molecule has 16 heavy (non-hydrogen) atoms. The van der Waals surface area contributed by atoms with Crippen LogP contribution in [0.25, 0.3) is 0 Å². The summed E-state index contributed by atoms with van der Waals surface area (Å²) in [5.41, 5.74) is -0.257. The van der Waals surface area contributed by atoms with Crippen molar-refractivity contribution in [2.24, 2.45) is 0 Å². The Morgan fingerprint density at radius 1 is 1.50 bits per heavy atom. The largest absolute Gasteiger partial charge is 0.377 e. The first-order chi connectivity index (χ1) is 7.75. The van der Waals surface area contributed by atoms with Crippen LogP contribution in [-0.2, 0) is 11.3 Å². The van der Waals surface area contributed by atoms with Crippen molar-refractivity contribution in [3.8, 4) is 0 Å². The summed E-state index contributed by atoms with van der Waals surface area (Å²) >= 11 is 5.83. The molecule has 6 heteroatoms. The molecule has 0 N–H and O–H groups in total. The number of halogens is 1. The fourth-order valence-corrected chi connectivity index (χ4v) is 2.56. The Morgan fingerprint density at radius 2 is 2.38 bits per heavy atom. The first-order valence-corrected chi connectivity index (χ1v) is 5.75. The van der Waals surface area contributed by atoms with Gasteiger partial charge in [-0.1, -0.05) is 11.6 Å². The lowest BCUT2D eigenvalue weighted by molar-refractivity contribution is 0.0849. The second kappa shape index (κ2) is 3.75. The van der Waals surface area contributed by atoms with Crippen LogP contribution in [0.3, 0.4) is 0 Å². The van der Waals surface area contributed by atoms with Gasteiger partial charge in [-0.25, -0.2) is 4.79 Å². The standard InChI is InChI=1S/C10H12ClN3O2/c11-8-5-9-13-3-4-16-6-7(13)1-2-14(9)10(15)12-8/h5,7H,1-4,6H2. The predicted octanol–water partition coefficient (Wildman–Crippen LogP) is 0.506. The van der Waals surface area contributed by atoms with Gasteiger partial charge in [-0.15, -0.1) is 0 Å². The number of nitrogens with zero attached hydrogens (tertiary/aromatic N) is 3. The Bertz CT molecular complexity index is 474. The van der Waals surface area contributed by atoms with Crippen LogP contribution in [0.1, 0.15) is 6.42 Å². The molecule has 0 spiro atoms. The normalized spacial score (nSPS) is 23.8. The molecule has 1 fully saturated rings. The highest BCUT2D eigenvalue weighted by Gasteiger charge is 2.29. The third-order valence-electron chi connectivity index (χ3n) is 3.17. The van der Waals surface area contributed by atoms with E-state index in [2.05, 4.69) is 9.88 Å². The van der Waals surface area contributed by atoms with Crippen LogP contribution < -0.4 is 10.6 Å². The molecule has 0 amide bonds. The molecule has 0 saturated carbocycles. The van der Waals surface area contributed by atoms with Gasteiger partial charge in [0.1, 0.15) is 11.0 Å². The van der Waals surface area contributed by atoms with Crippen molar-refractivity contribution in [2.75, 3.05) is 24.7 Å². The minimum atomic E-state index is -0.257.